The van der Waals surface area contributed by atoms with Gasteiger partial charge in [-0.2, -0.15) is 0 Å². The van der Waals surface area contributed by atoms with Gasteiger partial charge in [0.25, 0.3) is 0 Å². The van der Waals surface area contributed by atoms with Gasteiger partial charge < -0.3 is 19.5 Å². The van der Waals surface area contributed by atoms with Crippen molar-refractivity contribution in [2.45, 2.75) is 12.5 Å². The molecule has 0 radical (unpaired) electrons. The highest BCUT2D eigenvalue weighted by molar-refractivity contribution is 5.80. The summed E-state index contributed by atoms with van der Waals surface area (Å²) in [5.41, 5.74) is 2.28. The van der Waals surface area contributed by atoms with Gasteiger partial charge in [0, 0.05) is 30.6 Å². The van der Waals surface area contributed by atoms with E-state index in [1.807, 2.05) is 36.4 Å². The number of amides is 1. The van der Waals surface area contributed by atoms with Crippen LogP contribution in [0.4, 0.5) is 0 Å². The van der Waals surface area contributed by atoms with Crippen LogP contribution in [0.25, 0.3) is 0 Å². The van der Waals surface area contributed by atoms with E-state index in [9.17, 15) is 4.79 Å². The van der Waals surface area contributed by atoms with Crippen LogP contribution in [0.1, 0.15) is 17.2 Å². The normalized spacial score (nSPS) is 22.9. The Bertz CT molecular complexity index is 885. The highest BCUT2D eigenvalue weighted by atomic mass is 16.5. The summed E-state index contributed by atoms with van der Waals surface area (Å²) in [6, 6.07) is 14.2. The first kappa shape index (κ1) is 19.6. The smallest absolute Gasteiger partial charge is 0.224 e. The third-order valence-corrected chi connectivity index (χ3v) is 6.05. The maximum atomic E-state index is 12.9. The monoisotopic (exact) mass is 396 g/mol. The van der Waals surface area contributed by atoms with E-state index < -0.39 is 0 Å². The number of carbonyl (C=O) groups excluding carboxylic acids is 1. The van der Waals surface area contributed by atoms with Crippen molar-refractivity contribution in [2.75, 3.05) is 41.0 Å². The minimum absolute atomic E-state index is 0.0660. The first-order valence-electron chi connectivity index (χ1n) is 10.0. The van der Waals surface area contributed by atoms with Gasteiger partial charge >= 0.3 is 0 Å². The van der Waals surface area contributed by atoms with Crippen molar-refractivity contribution >= 4 is 5.91 Å². The van der Waals surface area contributed by atoms with Gasteiger partial charge in [-0.05, 0) is 37.2 Å². The number of nitrogens with zero attached hydrogens (tertiary/aromatic N) is 1. The van der Waals surface area contributed by atoms with Gasteiger partial charge in [0.1, 0.15) is 5.75 Å². The van der Waals surface area contributed by atoms with E-state index in [2.05, 4.69) is 23.3 Å². The van der Waals surface area contributed by atoms with Crippen LogP contribution in [0.3, 0.4) is 0 Å². The fourth-order valence-corrected chi connectivity index (χ4v) is 4.60. The summed E-state index contributed by atoms with van der Waals surface area (Å²) in [6.45, 7) is 1.92. The Labute approximate surface area is 171 Å². The van der Waals surface area contributed by atoms with E-state index in [-0.39, 0.29) is 23.8 Å². The lowest BCUT2D eigenvalue weighted by molar-refractivity contribution is -0.126. The second-order valence-electron chi connectivity index (χ2n) is 7.73. The average molecular weight is 396 g/mol. The lowest BCUT2D eigenvalue weighted by Crippen LogP contribution is -2.38. The molecule has 3 atom stereocenters. The summed E-state index contributed by atoms with van der Waals surface area (Å²) in [7, 11) is 5.34. The summed E-state index contributed by atoms with van der Waals surface area (Å²) in [6.07, 6.45) is 0.738. The number of ether oxygens (including phenoxy) is 3. The molecule has 0 aromatic heterocycles. The Morgan fingerprint density at radius 1 is 1.17 bits per heavy atom. The molecule has 29 heavy (non-hydrogen) atoms. The number of nitrogens with one attached hydrogen (secondary N) is 1. The van der Waals surface area contributed by atoms with Crippen LogP contribution < -0.4 is 19.5 Å². The number of rotatable bonds is 6. The average Bonchev–Trinajstić information content (AvgIpc) is 3.10. The van der Waals surface area contributed by atoms with Crippen molar-refractivity contribution in [2.24, 2.45) is 11.8 Å². The molecule has 2 aromatic rings. The molecule has 6 heteroatoms. The second kappa shape index (κ2) is 8.33. The highest BCUT2D eigenvalue weighted by Gasteiger charge is 2.47. The SMILES string of the molecule is COc1ccc(CCNC(=O)[C@@H]2CN(C)[C@H]3c4ccccc4OC[C@@H]23)cc1OC. The molecule has 2 aliphatic heterocycles. The topological polar surface area (TPSA) is 60.0 Å². The van der Waals surface area contributed by atoms with Gasteiger partial charge in [-0.25, -0.2) is 0 Å². The summed E-state index contributed by atoms with van der Waals surface area (Å²) >= 11 is 0. The van der Waals surface area contributed by atoms with E-state index in [1.165, 1.54) is 5.56 Å². The Hall–Kier alpha value is -2.73. The molecule has 1 fully saturated rings. The van der Waals surface area contributed by atoms with E-state index in [0.717, 1.165) is 24.3 Å². The van der Waals surface area contributed by atoms with Gasteiger partial charge in [-0.3, -0.25) is 9.69 Å². The minimum atomic E-state index is -0.0660. The lowest BCUT2D eigenvalue weighted by Gasteiger charge is -2.32. The summed E-state index contributed by atoms with van der Waals surface area (Å²) < 4.78 is 16.6. The van der Waals surface area contributed by atoms with Crippen molar-refractivity contribution in [1.82, 2.24) is 10.2 Å². The molecular formula is C23H28N2O4. The molecule has 154 valence electrons. The number of likely N-dealkylation sites (tertiary alicyclic amines) is 1. The predicted octanol–water partition coefficient (Wildman–Crippen LogP) is 2.67. The number of fused-ring (bicyclic) bond motifs is 3. The fraction of sp³-hybridized carbons (Fsp3) is 0.435. The molecule has 1 saturated heterocycles. The number of methoxy groups -OCH3 is 2. The standard InChI is InChI=1S/C23H28N2O4/c1-25-13-17(18-14-29-19-7-5-4-6-16(19)22(18)25)23(26)24-11-10-15-8-9-20(27-2)21(12-15)28-3/h4-9,12,17-18,22H,10-11,13-14H2,1-3H3,(H,24,26)/t17-,18+,22+/m1/s1. The van der Waals surface area contributed by atoms with Gasteiger partial charge in [-0.15, -0.1) is 0 Å². The van der Waals surface area contributed by atoms with E-state index >= 15 is 0 Å². The van der Waals surface area contributed by atoms with E-state index in [1.54, 1.807) is 14.2 Å². The van der Waals surface area contributed by atoms with Gasteiger partial charge in [0.2, 0.25) is 5.91 Å². The highest BCUT2D eigenvalue weighted by Crippen LogP contribution is 2.46. The molecule has 0 saturated carbocycles. The molecule has 0 unspecified atom stereocenters. The Balaban J connectivity index is 1.37. The van der Waals surface area contributed by atoms with Crippen LogP contribution in [-0.2, 0) is 11.2 Å². The molecular weight excluding hydrogens is 368 g/mol. The number of hydrogen-bond donors (Lipinski definition) is 1. The molecule has 4 rings (SSSR count). The van der Waals surface area contributed by atoms with E-state index in [4.69, 9.17) is 14.2 Å². The third-order valence-electron chi connectivity index (χ3n) is 6.05. The molecule has 1 amide bonds. The largest absolute Gasteiger partial charge is 0.493 e. The van der Waals surface area contributed by atoms with Gasteiger partial charge in [0.15, 0.2) is 11.5 Å². The van der Waals surface area contributed by atoms with Crippen LogP contribution in [0.15, 0.2) is 42.5 Å². The molecule has 2 aliphatic rings. The van der Waals surface area contributed by atoms with Crippen LogP contribution in [0, 0.1) is 11.8 Å². The Kier molecular flexibility index (Phi) is 5.62. The molecule has 6 nitrogen and oxygen atoms in total. The molecule has 0 aliphatic carbocycles. The molecule has 2 heterocycles. The first-order chi connectivity index (χ1) is 14.1. The van der Waals surface area contributed by atoms with Crippen LogP contribution >= 0.6 is 0 Å². The van der Waals surface area contributed by atoms with Crippen molar-refractivity contribution in [1.29, 1.82) is 0 Å². The Morgan fingerprint density at radius 3 is 2.76 bits per heavy atom. The van der Waals surface area contributed by atoms with Crippen LogP contribution in [0.2, 0.25) is 0 Å². The summed E-state index contributed by atoms with van der Waals surface area (Å²) in [5.74, 6) is 2.56. The first-order valence-corrected chi connectivity index (χ1v) is 10.0. The number of benzene rings is 2. The van der Waals surface area contributed by atoms with Crippen LogP contribution in [0.5, 0.6) is 17.2 Å². The van der Waals surface area contributed by atoms with Crippen molar-refractivity contribution in [3.63, 3.8) is 0 Å². The Morgan fingerprint density at radius 2 is 1.97 bits per heavy atom. The predicted molar refractivity (Wildman–Crippen MR) is 111 cm³/mol. The fourth-order valence-electron chi connectivity index (χ4n) is 4.60. The summed E-state index contributed by atoms with van der Waals surface area (Å²) in [5, 5.41) is 3.12. The number of para-hydroxylation sites is 1. The number of hydrogen-bond acceptors (Lipinski definition) is 5. The maximum Gasteiger partial charge on any atom is 0.224 e. The zero-order valence-electron chi connectivity index (χ0n) is 17.2. The molecule has 1 N–H and O–H groups in total. The molecule has 0 bridgehead atoms. The van der Waals surface area contributed by atoms with E-state index in [0.29, 0.717) is 24.7 Å². The molecule has 0 spiro atoms. The zero-order valence-corrected chi connectivity index (χ0v) is 17.2. The number of carbonyl (C=O) groups is 1. The quantitative estimate of drug-likeness (QED) is 0.814. The zero-order chi connectivity index (χ0) is 20.4. The third kappa shape index (κ3) is 3.77. The summed E-state index contributed by atoms with van der Waals surface area (Å²) in [4.78, 5) is 15.2. The van der Waals surface area contributed by atoms with Crippen LogP contribution in [-0.4, -0.2) is 51.8 Å². The molecule has 2 aromatic carbocycles. The van der Waals surface area contributed by atoms with Crippen molar-refractivity contribution in [3.8, 4) is 17.2 Å². The van der Waals surface area contributed by atoms with Gasteiger partial charge in [0.05, 0.1) is 26.7 Å². The minimum Gasteiger partial charge on any atom is -0.493 e. The van der Waals surface area contributed by atoms with Crippen molar-refractivity contribution < 1.29 is 19.0 Å². The maximum absolute atomic E-state index is 12.9. The van der Waals surface area contributed by atoms with Crippen molar-refractivity contribution in [3.05, 3.63) is 53.6 Å². The second-order valence-corrected chi connectivity index (χ2v) is 7.73. The lowest BCUT2D eigenvalue weighted by atomic mass is 9.85. The van der Waals surface area contributed by atoms with Gasteiger partial charge in [-0.1, -0.05) is 24.3 Å².